The molecular formula is C22H25N3O4. The van der Waals surface area contributed by atoms with Gasteiger partial charge in [-0.05, 0) is 55.5 Å². The second kappa shape index (κ2) is 9.95. The van der Waals surface area contributed by atoms with E-state index in [1.807, 2.05) is 0 Å². The number of amides is 2. The van der Waals surface area contributed by atoms with Crippen LogP contribution in [0.1, 0.15) is 38.0 Å². The summed E-state index contributed by atoms with van der Waals surface area (Å²) in [6.07, 6.45) is 0. The highest BCUT2D eigenvalue weighted by Crippen LogP contribution is 2.12. The Bertz CT molecular complexity index is 857. The van der Waals surface area contributed by atoms with Crippen molar-refractivity contribution in [3.63, 3.8) is 0 Å². The number of hydrogen-bond acceptors (Lipinski definition) is 5. The number of hydrogen-bond donors (Lipinski definition) is 2. The summed E-state index contributed by atoms with van der Waals surface area (Å²) in [5.41, 5.74) is 2.15. The zero-order chi connectivity index (χ0) is 20.6. The first-order valence-electron chi connectivity index (χ1n) is 9.63. The molecule has 7 nitrogen and oxygen atoms in total. The van der Waals surface area contributed by atoms with E-state index in [4.69, 9.17) is 4.74 Å². The van der Waals surface area contributed by atoms with Gasteiger partial charge in [-0.3, -0.25) is 19.3 Å². The van der Waals surface area contributed by atoms with Crippen LogP contribution in [0.4, 0.5) is 5.69 Å². The van der Waals surface area contributed by atoms with Crippen molar-refractivity contribution in [1.82, 2.24) is 10.2 Å². The monoisotopic (exact) mass is 395 g/mol. The number of anilines is 1. The largest absolute Gasteiger partial charge is 0.379 e. The van der Waals surface area contributed by atoms with Gasteiger partial charge in [-0.15, -0.1) is 0 Å². The second-order valence-corrected chi connectivity index (χ2v) is 6.87. The maximum atomic E-state index is 12.4. The Hall–Kier alpha value is -3.03. The average Bonchev–Trinajstić information content (AvgIpc) is 2.75. The van der Waals surface area contributed by atoms with E-state index in [9.17, 15) is 14.4 Å². The van der Waals surface area contributed by atoms with E-state index in [-0.39, 0.29) is 17.6 Å². The van der Waals surface area contributed by atoms with Crippen LogP contribution in [-0.4, -0.2) is 61.9 Å². The molecule has 2 amide bonds. The standard InChI is InChI=1S/C22H25N3O4/c1-16(26)17-6-8-20(9-7-17)24-22(28)19-4-2-18(3-5-19)21(27)23-10-11-25-12-14-29-15-13-25/h2-9H,10-15H2,1H3,(H,23,27)(H,24,28). The smallest absolute Gasteiger partial charge is 0.255 e. The summed E-state index contributed by atoms with van der Waals surface area (Å²) < 4.78 is 5.30. The first kappa shape index (κ1) is 20.7. The van der Waals surface area contributed by atoms with Crippen molar-refractivity contribution in [2.24, 2.45) is 0 Å². The summed E-state index contributed by atoms with van der Waals surface area (Å²) in [7, 11) is 0. The minimum Gasteiger partial charge on any atom is -0.379 e. The first-order valence-corrected chi connectivity index (χ1v) is 9.63. The molecule has 7 heteroatoms. The molecule has 2 N–H and O–H groups in total. The van der Waals surface area contributed by atoms with Gasteiger partial charge >= 0.3 is 0 Å². The predicted molar refractivity (Wildman–Crippen MR) is 110 cm³/mol. The minimum atomic E-state index is -0.278. The summed E-state index contributed by atoms with van der Waals surface area (Å²) in [5, 5.41) is 5.68. The third-order valence-corrected chi connectivity index (χ3v) is 4.78. The highest BCUT2D eigenvalue weighted by molar-refractivity contribution is 6.05. The van der Waals surface area contributed by atoms with Gasteiger partial charge in [0.15, 0.2) is 5.78 Å². The highest BCUT2D eigenvalue weighted by atomic mass is 16.5. The molecule has 1 aliphatic rings. The van der Waals surface area contributed by atoms with Gasteiger partial charge in [0, 0.05) is 48.6 Å². The van der Waals surface area contributed by atoms with Crippen LogP contribution in [0, 0.1) is 0 Å². The van der Waals surface area contributed by atoms with Crippen molar-refractivity contribution in [3.8, 4) is 0 Å². The molecule has 0 bridgehead atoms. The number of rotatable bonds is 7. The summed E-state index contributed by atoms with van der Waals surface area (Å²) in [5.74, 6) is -0.466. The van der Waals surface area contributed by atoms with Gasteiger partial charge in [-0.1, -0.05) is 0 Å². The van der Waals surface area contributed by atoms with Crippen LogP contribution in [-0.2, 0) is 4.74 Å². The Morgan fingerprint density at radius 2 is 1.41 bits per heavy atom. The van der Waals surface area contributed by atoms with Gasteiger partial charge in [-0.25, -0.2) is 0 Å². The highest BCUT2D eigenvalue weighted by Gasteiger charge is 2.12. The van der Waals surface area contributed by atoms with E-state index in [2.05, 4.69) is 15.5 Å². The van der Waals surface area contributed by atoms with Gasteiger partial charge in [0.05, 0.1) is 13.2 Å². The maximum Gasteiger partial charge on any atom is 0.255 e. The molecule has 152 valence electrons. The molecule has 3 rings (SSSR count). The molecule has 29 heavy (non-hydrogen) atoms. The zero-order valence-electron chi connectivity index (χ0n) is 16.4. The SMILES string of the molecule is CC(=O)c1ccc(NC(=O)c2ccc(C(=O)NCCN3CCOCC3)cc2)cc1. The molecule has 1 fully saturated rings. The molecule has 1 heterocycles. The number of morpholine rings is 1. The molecule has 0 radical (unpaired) electrons. The lowest BCUT2D eigenvalue weighted by molar-refractivity contribution is 0.0383. The molecule has 0 aliphatic carbocycles. The van der Waals surface area contributed by atoms with Gasteiger partial charge in [0.1, 0.15) is 0 Å². The quantitative estimate of drug-likeness (QED) is 0.702. The van der Waals surface area contributed by atoms with E-state index >= 15 is 0 Å². The normalized spacial score (nSPS) is 14.2. The number of carbonyl (C=O) groups is 3. The van der Waals surface area contributed by atoms with Crippen molar-refractivity contribution < 1.29 is 19.1 Å². The third-order valence-electron chi connectivity index (χ3n) is 4.78. The molecule has 1 saturated heterocycles. The lowest BCUT2D eigenvalue weighted by Gasteiger charge is -2.26. The van der Waals surface area contributed by atoms with Crippen molar-refractivity contribution >= 4 is 23.3 Å². The van der Waals surface area contributed by atoms with Gasteiger partial charge in [0.2, 0.25) is 0 Å². The second-order valence-electron chi connectivity index (χ2n) is 6.87. The van der Waals surface area contributed by atoms with E-state index in [0.717, 1.165) is 32.8 Å². The predicted octanol–water partition coefficient (Wildman–Crippen LogP) is 2.20. The Labute approximate surface area is 170 Å². The van der Waals surface area contributed by atoms with Crippen molar-refractivity contribution in [2.45, 2.75) is 6.92 Å². The van der Waals surface area contributed by atoms with Crippen LogP contribution in [0.2, 0.25) is 0 Å². The molecule has 0 atom stereocenters. The van der Waals surface area contributed by atoms with Crippen molar-refractivity contribution in [3.05, 3.63) is 65.2 Å². The van der Waals surface area contributed by atoms with Crippen LogP contribution in [0.15, 0.2) is 48.5 Å². The molecule has 0 unspecified atom stereocenters. The Morgan fingerprint density at radius 3 is 2.00 bits per heavy atom. The Balaban J connectivity index is 1.49. The topological polar surface area (TPSA) is 87.7 Å². The number of nitrogens with zero attached hydrogens (tertiary/aromatic N) is 1. The minimum absolute atomic E-state index is 0.0262. The first-order chi connectivity index (χ1) is 14.0. The van der Waals surface area contributed by atoms with E-state index in [1.165, 1.54) is 6.92 Å². The molecule has 1 aliphatic heterocycles. The number of ketones is 1. The van der Waals surface area contributed by atoms with Crippen LogP contribution in [0.3, 0.4) is 0 Å². The van der Waals surface area contributed by atoms with E-state index < -0.39 is 0 Å². The van der Waals surface area contributed by atoms with Crippen LogP contribution >= 0.6 is 0 Å². The zero-order valence-corrected chi connectivity index (χ0v) is 16.4. The van der Waals surface area contributed by atoms with Crippen LogP contribution in [0.5, 0.6) is 0 Å². The molecule has 0 aromatic heterocycles. The lowest BCUT2D eigenvalue weighted by atomic mass is 10.1. The molecule has 0 saturated carbocycles. The Kier molecular flexibility index (Phi) is 7.10. The van der Waals surface area contributed by atoms with E-state index in [0.29, 0.717) is 28.9 Å². The van der Waals surface area contributed by atoms with Gasteiger partial charge < -0.3 is 15.4 Å². The van der Waals surface area contributed by atoms with E-state index in [1.54, 1.807) is 48.5 Å². The lowest BCUT2D eigenvalue weighted by Crippen LogP contribution is -2.41. The van der Waals surface area contributed by atoms with Crippen LogP contribution < -0.4 is 10.6 Å². The van der Waals surface area contributed by atoms with Crippen LogP contribution in [0.25, 0.3) is 0 Å². The maximum absolute atomic E-state index is 12.4. The average molecular weight is 395 g/mol. The summed E-state index contributed by atoms with van der Waals surface area (Å²) in [4.78, 5) is 38.2. The molecule has 2 aromatic rings. The molecular weight excluding hydrogens is 370 g/mol. The fourth-order valence-electron chi connectivity index (χ4n) is 3.02. The number of nitrogens with one attached hydrogen (secondary N) is 2. The van der Waals surface area contributed by atoms with Gasteiger partial charge in [-0.2, -0.15) is 0 Å². The summed E-state index contributed by atoms with van der Waals surface area (Å²) in [6, 6.07) is 13.2. The number of carbonyl (C=O) groups excluding carboxylic acids is 3. The molecule has 2 aromatic carbocycles. The van der Waals surface area contributed by atoms with Gasteiger partial charge in [0.25, 0.3) is 11.8 Å². The number of ether oxygens (including phenoxy) is 1. The van der Waals surface area contributed by atoms with Crippen molar-refractivity contribution in [1.29, 1.82) is 0 Å². The Morgan fingerprint density at radius 1 is 0.862 bits per heavy atom. The number of Topliss-reactive ketones (excluding diaryl/α,β-unsaturated/α-hetero) is 1. The molecule has 0 spiro atoms. The third kappa shape index (κ3) is 5.97. The number of benzene rings is 2. The fourth-order valence-corrected chi connectivity index (χ4v) is 3.02. The van der Waals surface area contributed by atoms with Crippen molar-refractivity contribution in [2.75, 3.05) is 44.7 Å². The summed E-state index contributed by atoms with van der Waals surface area (Å²) >= 11 is 0. The summed E-state index contributed by atoms with van der Waals surface area (Å²) in [6.45, 7) is 6.09. The fraction of sp³-hybridized carbons (Fsp3) is 0.318.